The third-order valence-electron chi connectivity index (χ3n) is 12.3. The minimum atomic E-state index is -1.03. The summed E-state index contributed by atoms with van der Waals surface area (Å²) in [4.78, 5) is 35.2. The number of thiophene rings is 3. The molecule has 0 aliphatic carbocycles. The molecule has 0 fully saturated rings. The fourth-order valence-electron chi connectivity index (χ4n) is 8.24. The second-order valence-electron chi connectivity index (χ2n) is 17.7. The molecule has 402 valence electrons. The highest BCUT2D eigenvalue weighted by Crippen LogP contribution is 2.40. The highest BCUT2D eigenvalue weighted by molar-refractivity contribution is 7.18. The Morgan fingerprint density at radius 3 is 1.52 bits per heavy atom. The van der Waals surface area contributed by atoms with Gasteiger partial charge < -0.3 is 35.0 Å². The summed E-state index contributed by atoms with van der Waals surface area (Å²) in [6.07, 6.45) is 0.106. The predicted molar refractivity (Wildman–Crippen MR) is 320 cm³/mol. The molecule has 2 amide bonds. The van der Waals surface area contributed by atoms with Crippen LogP contribution >= 0.6 is 34.0 Å². The maximum atomic E-state index is 12.5. The van der Waals surface area contributed by atoms with Crippen LogP contribution in [-0.2, 0) is 4.79 Å². The van der Waals surface area contributed by atoms with Gasteiger partial charge in [0.25, 0.3) is 17.7 Å². The van der Waals surface area contributed by atoms with Crippen molar-refractivity contribution in [3.05, 3.63) is 219 Å². The van der Waals surface area contributed by atoms with Gasteiger partial charge in [0.15, 0.2) is 0 Å². The Labute approximate surface area is 476 Å². The zero-order chi connectivity index (χ0) is 56.8. The minimum Gasteiger partial charge on any atom is -0.418 e. The van der Waals surface area contributed by atoms with Crippen molar-refractivity contribution in [2.24, 2.45) is 0 Å². The number of hydrogen-bond acceptors (Lipinski definition) is 16. The van der Waals surface area contributed by atoms with E-state index in [1.54, 1.807) is 66.8 Å². The molecule has 6 aromatic carbocycles. The number of carbonyl (C=O) groups is 2. The normalized spacial score (nSPS) is 12.4. The van der Waals surface area contributed by atoms with Gasteiger partial charge in [-0.25, -0.2) is 14.5 Å². The molecular formula is C60H48N12O6S3. The van der Waals surface area contributed by atoms with Gasteiger partial charge in [0.1, 0.15) is 12.1 Å². The van der Waals surface area contributed by atoms with Crippen LogP contribution in [0.25, 0.3) is 73.4 Å². The molecule has 5 heterocycles. The van der Waals surface area contributed by atoms with E-state index in [0.717, 1.165) is 58.5 Å². The molecular weight excluding hydrogens is 1080 g/mol. The molecule has 0 saturated carbocycles. The van der Waals surface area contributed by atoms with E-state index in [0.29, 0.717) is 51.9 Å². The Morgan fingerprint density at radius 1 is 0.556 bits per heavy atom. The second kappa shape index (κ2) is 26.1. The zero-order valence-corrected chi connectivity index (χ0v) is 45.8. The Morgan fingerprint density at radius 2 is 1.02 bits per heavy atom. The van der Waals surface area contributed by atoms with E-state index in [4.69, 9.17) is 28.6 Å². The van der Waals surface area contributed by atoms with Crippen molar-refractivity contribution in [3.8, 4) is 22.9 Å². The van der Waals surface area contributed by atoms with Crippen LogP contribution in [0.3, 0.4) is 0 Å². The summed E-state index contributed by atoms with van der Waals surface area (Å²) in [6.45, 7) is 26.9. The third kappa shape index (κ3) is 12.9. The van der Waals surface area contributed by atoms with Crippen molar-refractivity contribution in [1.29, 1.82) is 0 Å². The summed E-state index contributed by atoms with van der Waals surface area (Å²) in [6, 6.07) is 42.6. The van der Waals surface area contributed by atoms with Crippen LogP contribution in [0.4, 0.5) is 34.1 Å². The number of amides is 2. The number of benzene rings is 6. The first-order chi connectivity index (χ1) is 39.5. The first-order valence-electron chi connectivity index (χ1n) is 24.9. The molecule has 7 N–H and O–H groups in total. The first-order valence-corrected chi connectivity index (χ1v) is 27.5. The van der Waals surface area contributed by atoms with E-state index >= 15 is 0 Å². The highest BCUT2D eigenvalue weighted by Gasteiger charge is 2.27. The van der Waals surface area contributed by atoms with Crippen molar-refractivity contribution in [3.63, 3.8) is 0 Å². The Hall–Kier alpha value is -10.1. The molecule has 21 heteroatoms. The molecule has 0 spiro atoms. The van der Waals surface area contributed by atoms with Crippen LogP contribution in [0, 0.1) is 19.7 Å². The number of nitrogens with one attached hydrogen (secondary N) is 5. The first kappa shape index (κ1) is 55.7. The molecule has 0 radical (unpaired) electrons. The molecule has 0 unspecified atom stereocenters. The number of aliphatic hydroxyl groups excluding tert-OH is 2. The minimum absolute atomic E-state index is 0.307. The molecule has 11 aromatic rings. The molecule has 0 aliphatic heterocycles. The zero-order valence-electron chi connectivity index (χ0n) is 43.4. The molecule has 0 saturated heterocycles. The largest absolute Gasteiger partial charge is 0.418 e. The van der Waals surface area contributed by atoms with Gasteiger partial charge in [0.05, 0.1) is 37.6 Å². The lowest BCUT2D eigenvalue weighted by atomic mass is 10.1. The summed E-state index contributed by atoms with van der Waals surface area (Å²) in [5.41, 5.74) is 11.7. The average Bonchev–Trinajstić information content (AvgIpc) is 4.45. The quantitative estimate of drug-likeness (QED) is 0.0398. The summed E-state index contributed by atoms with van der Waals surface area (Å²) in [7, 11) is 0. The van der Waals surface area contributed by atoms with Crippen LogP contribution in [0.1, 0.15) is 49.0 Å². The molecule has 18 nitrogen and oxygen atoms in total. The number of aliphatic hydroxyl groups is 2. The van der Waals surface area contributed by atoms with Crippen LogP contribution in [0.2, 0.25) is 0 Å². The summed E-state index contributed by atoms with van der Waals surface area (Å²) >= 11 is 4.51. The number of hydrazine groups is 1. The Balaban J connectivity index is 0.000000147. The van der Waals surface area contributed by atoms with Gasteiger partial charge in [-0.2, -0.15) is 34.0 Å². The lowest BCUT2D eigenvalue weighted by molar-refractivity contribution is -0.124. The molecule has 0 aliphatic rings. The second-order valence-corrected chi connectivity index (χ2v) is 20.4. The standard InChI is InChI=1S/C20H18N4O3S.C20H16N4O2S.C20H14N4OS/c1-12(25)17(20(27)24-23-19(26)13-6-4-3-5-7-13)22-15-8-9-16(21-2)18-14(15)10-11-28-18;1-12(25)17(20-24-23-19(26-20)13-6-4-3-5-7-13)22-15-8-9-16(21-2)18-14(15)10-11-27-18;1-3-15(20-24-23-19(25-20)13-7-5-4-6-8-13)22-16-9-10-17(21-2)18-14(16)11-12-26-18/h3-12,17,22,25H,1H3,(H,23,26)(H,24,27);3-12,17,22,25H,1H3;3-12,22H,1H3/t2*12-,17+;/m00./s1. The van der Waals surface area contributed by atoms with E-state index < -0.39 is 36.1 Å². The van der Waals surface area contributed by atoms with Gasteiger partial charge in [0, 0.05) is 64.0 Å². The molecule has 11 rings (SSSR count). The topological polar surface area (TPSA) is 226 Å². The molecule has 4 atom stereocenters. The van der Waals surface area contributed by atoms with Crippen molar-refractivity contribution in [1.82, 2.24) is 31.2 Å². The predicted octanol–water partition coefficient (Wildman–Crippen LogP) is 14.1. The number of allylic oxidation sites excluding steroid dienone is 1. The fraction of sp³-hybridized carbons (Fsp3) is 0.117. The lowest BCUT2D eigenvalue weighted by Crippen LogP contribution is -2.52. The summed E-state index contributed by atoms with van der Waals surface area (Å²) in [5, 5.41) is 55.1. The number of rotatable bonds is 14. The number of hydrogen-bond donors (Lipinski definition) is 7. The van der Waals surface area contributed by atoms with E-state index in [9.17, 15) is 19.8 Å². The number of carbonyl (C=O) groups excluding carboxylic acids is 2. The summed E-state index contributed by atoms with van der Waals surface area (Å²) < 4.78 is 14.3. The molecule has 81 heavy (non-hydrogen) atoms. The van der Waals surface area contributed by atoms with Crippen molar-refractivity contribution < 1.29 is 28.6 Å². The summed E-state index contributed by atoms with van der Waals surface area (Å²) in [5.74, 6) is 0.565. The van der Waals surface area contributed by atoms with Crippen molar-refractivity contribution >= 4 is 116 Å². The Bertz CT molecular complexity index is 4130. The maximum absolute atomic E-state index is 12.5. The van der Waals surface area contributed by atoms with Crippen molar-refractivity contribution in [2.75, 3.05) is 16.0 Å². The van der Waals surface area contributed by atoms with Gasteiger partial charge in [-0.1, -0.05) is 78.9 Å². The van der Waals surface area contributed by atoms with Crippen LogP contribution < -0.4 is 26.8 Å². The van der Waals surface area contributed by atoms with Crippen LogP contribution in [0.5, 0.6) is 0 Å². The lowest BCUT2D eigenvalue weighted by Gasteiger charge is -2.22. The highest BCUT2D eigenvalue weighted by atomic mass is 32.1. The fourth-order valence-corrected chi connectivity index (χ4v) is 10.9. The number of anilines is 3. The molecule has 5 aromatic heterocycles. The van der Waals surface area contributed by atoms with Gasteiger partial charge in [-0.3, -0.25) is 20.4 Å². The average molecular weight is 1130 g/mol. The maximum Gasteiger partial charge on any atom is 0.269 e. The van der Waals surface area contributed by atoms with Gasteiger partial charge in [-0.05, 0) is 110 Å². The van der Waals surface area contributed by atoms with Gasteiger partial charge >= 0.3 is 0 Å². The van der Waals surface area contributed by atoms with E-state index in [1.807, 2.05) is 126 Å². The SMILES string of the molecule is [C-]#[N+]c1ccc(NC(=CC)c2nnc(-c3ccccc3)o2)c2ccsc12.[C-]#[N+]c1ccc(N[C@@H](C(=O)NNC(=O)c2ccccc2)[C@H](C)O)c2ccsc12.[C-]#[N+]c1ccc(N[C@@H](c2nnc(-c3ccccc3)o2)[C@H](C)O)c2ccsc12. The van der Waals surface area contributed by atoms with E-state index in [2.05, 4.69) is 61.7 Å². The van der Waals surface area contributed by atoms with Crippen LogP contribution in [-0.4, -0.2) is 60.7 Å². The Kier molecular flexibility index (Phi) is 17.9. The molecule has 0 bridgehead atoms. The third-order valence-corrected chi connectivity index (χ3v) is 15.1. The number of nitrogens with zero attached hydrogens (tertiary/aromatic N) is 7. The van der Waals surface area contributed by atoms with Crippen molar-refractivity contribution in [2.45, 2.75) is 45.1 Å². The van der Waals surface area contributed by atoms with Gasteiger partial charge in [-0.15, -0.1) is 20.4 Å². The van der Waals surface area contributed by atoms with E-state index in [1.165, 1.54) is 29.6 Å². The van der Waals surface area contributed by atoms with E-state index in [-0.39, 0.29) is 0 Å². The van der Waals surface area contributed by atoms with Gasteiger partial charge in [0.2, 0.25) is 34.7 Å². The number of aromatic nitrogens is 4. The monoisotopic (exact) mass is 1130 g/mol. The smallest absolute Gasteiger partial charge is 0.269 e. The number of fused-ring (bicyclic) bond motifs is 3. The van der Waals surface area contributed by atoms with Crippen LogP contribution in [0.15, 0.2) is 177 Å².